The van der Waals surface area contributed by atoms with Crippen molar-refractivity contribution in [2.45, 2.75) is 25.5 Å². The third kappa shape index (κ3) is 5.42. The second-order valence-corrected chi connectivity index (χ2v) is 5.14. The Bertz CT molecular complexity index is 395. The molecule has 19 heavy (non-hydrogen) atoms. The van der Waals surface area contributed by atoms with Gasteiger partial charge in [0.05, 0.1) is 13.2 Å². The molecule has 0 bridgehead atoms. The van der Waals surface area contributed by atoms with Crippen molar-refractivity contribution in [2.24, 2.45) is 0 Å². The van der Waals surface area contributed by atoms with Crippen molar-refractivity contribution in [3.8, 4) is 11.5 Å². The molecule has 0 spiro atoms. The summed E-state index contributed by atoms with van der Waals surface area (Å²) >= 11 is 1.40. The van der Waals surface area contributed by atoms with Crippen molar-refractivity contribution in [1.82, 2.24) is 0 Å². The van der Waals surface area contributed by atoms with Gasteiger partial charge in [-0.15, -0.1) is 11.8 Å². The number of hydrogen-bond acceptors (Lipinski definition) is 4. The van der Waals surface area contributed by atoms with Crippen LogP contribution in [0.3, 0.4) is 0 Å². The molecule has 1 N–H and O–H groups in total. The first kappa shape index (κ1) is 15.7. The van der Waals surface area contributed by atoms with E-state index in [9.17, 15) is 4.79 Å². The maximum Gasteiger partial charge on any atom is 0.316 e. The molecule has 0 fully saturated rings. The minimum absolute atomic E-state index is 0.356. The van der Waals surface area contributed by atoms with Crippen molar-refractivity contribution < 1.29 is 19.4 Å². The Hall–Kier alpha value is -1.36. The van der Waals surface area contributed by atoms with Crippen LogP contribution in [0.5, 0.6) is 11.5 Å². The van der Waals surface area contributed by atoms with Crippen molar-refractivity contribution in [2.75, 3.05) is 19.0 Å². The summed E-state index contributed by atoms with van der Waals surface area (Å²) in [6.07, 6.45) is 0.621. The van der Waals surface area contributed by atoms with Gasteiger partial charge in [0.25, 0.3) is 0 Å². The number of benzene rings is 1. The number of ether oxygens (including phenoxy) is 2. The molecule has 5 heteroatoms. The van der Waals surface area contributed by atoms with E-state index < -0.39 is 5.97 Å². The molecule has 0 saturated carbocycles. The summed E-state index contributed by atoms with van der Waals surface area (Å²) in [5.41, 5.74) is 0. The van der Waals surface area contributed by atoms with Gasteiger partial charge in [-0.25, -0.2) is 0 Å². The minimum atomic E-state index is -0.762. The Morgan fingerprint density at radius 2 is 1.89 bits per heavy atom. The fraction of sp³-hybridized carbons (Fsp3) is 0.500. The molecule has 0 aliphatic heterocycles. The molecule has 1 aromatic rings. The fourth-order valence-electron chi connectivity index (χ4n) is 1.55. The van der Waals surface area contributed by atoms with E-state index in [1.54, 1.807) is 0 Å². The van der Waals surface area contributed by atoms with Crippen LogP contribution in [0.2, 0.25) is 0 Å². The van der Waals surface area contributed by atoms with Crippen LogP contribution in [0.25, 0.3) is 0 Å². The molecule has 0 aliphatic carbocycles. The first-order chi connectivity index (χ1) is 9.19. The molecule has 0 aromatic heterocycles. The van der Waals surface area contributed by atoms with Crippen LogP contribution in [0, 0.1) is 0 Å². The highest BCUT2D eigenvalue weighted by atomic mass is 32.2. The van der Waals surface area contributed by atoms with Gasteiger partial charge >= 0.3 is 5.97 Å². The lowest BCUT2D eigenvalue weighted by molar-refractivity contribution is -0.136. The SMILES string of the molecule is CCOc1ccccc1OCCSC(CC)C(=O)O. The zero-order valence-corrected chi connectivity index (χ0v) is 12.1. The lowest BCUT2D eigenvalue weighted by Crippen LogP contribution is -2.17. The van der Waals surface area contributed by atoms with Crippen LogP contribution in [-0.4, -0.2) is 35.3 Å². The highest BCUT2D eigenvalue weighted by Crippen LogP contribution is 2.26. The van der Waals surface area contributed by atoms with E-state index in [1.807, 2.05) is 38.1 Å². The lowest BCUT2D eigenvalue weighted by Gasteiger charge is -2.12. The first-order valence-corrected chi connectivity index (χ1v) is 7.42. The number of carbonyl (C=O) groups is 1. The Morgan fingerprint density at radius 1 is 1.26 bits per heavy atom. The average molecular weight is 284 g/mol. The zero-order chi connectivity index (χ0) is 14.1. The smallest absolute Gasteiger partial charge is 0.316 e. The van der Waals surface area contributed by atoms with Crippen molar-refractivity contribution >= 4 is 17.7 Å². The second-order valence-electron chi connectivity index (χ2n) is 3.83. The quantitative estimate of drug-likeness (QED) is 0.706. The molecule has 1 aromatic carbocycles. The molecule has 0 amide bonds. The van der Waals surface area contributed by atoms with Gasteiger partial charge in [0.15, 0.2) is 11.5 Å². The predicted molar refractivity (Wildman–Crippen MR) is 77.3 cm³/mol. The van der Waals surface area contributed by atoms with Crippen LogP contribution in [0.15, 0.2) is 24.3 Å². The maximum atomic E-state index is 10.9. The summed E-state index contributed by atoms with van der Waals surface area (Å²) in [6, 6.07) is 7.49. The van der Waals surface area contributed by atoms with E-state index in [1.165, 1.54) is 11.8 Å². The van der Waals surface area contributed by atoms with Gasteiger partial charge in [-0.05, 0) is 25.5 Å². The molecule has 106 valence electrons. The van der Waals surface area contributed by atoms with Crippen molar-refractivity contribution in [1.29, 1.82) is 0 Å². The van der Waals surface area contributed by atoms with E-state index in [2.05, 4.69) is 0 Å². The summed E-state index contributed by atoms with van der Waals surface area (Å²) < 4.78 is 11.1. The fourth-order valence-corrected chi connectivity index (χ4v) is 2.39. The van der Waals surface area contributed by atoms with Crippen molar-refractivity contribution in [3.63, 3.8) is 0 Å². The highest BCUT2D eigenvalue weighted by Gasteiger charge is 2.14. The molecular formula is C14H20O4S. The first-order valence-electron chi connectivity index (χ1n) is 6.38. The topological polar surface area (TPSA) is 55.8 Å². The molecular weight excluding hydrogens is 264 g/mol. The molecule has 1 atom stereocenters. The second kappa shape index (κ2) is 8.69. The number of para-hydroxylation sites is 2. The lowest BCUT2D eigenvalue weighted by atomic mass is 10.3. The van der Waals surface area contributed by atoms with Gasteiger partial charge < -0.3 is 14.6 Å². The number of carboxylic acids is 1. The van der Waals surface area contributed by atoms with Crippen LogP contribution in [0.4, 0.5) is 0 Å². The Labute approximate surface area is 118 Å². The number of rotatable bonds is 9. The van der Waals surface area contributed by atoms with Crippen LogP contribution in [0.1, 0.15) is 20.3 Å². The molecule has 0 aliphatic rings. The number of carboxylic acid groups (broad SMARTS) is 1. The normalized spacial score (nSPS) is 11.9. The minimum Gasteiger partial charge on any atom is -0.490 e. The molecule has 4 nitrogen and oxygen atoms in total. The van der Waals surface area contributed by atoms with E-state index in [0.29, 0.717) is 31.1 Å². The van der Waals surface area contributed by atoms with E-state index in [4.69, 9.17) is 14.6 Å². The predicted octanol–water partition coefficient (Wildman–Crippen LogP) is 3.06. The van der Waals surface area contributed by atoms with E-state index >= 15 is 0 Å². The number of hydrogen-bond donors (Lipinski definition) is 1. The summed E-state index contributed by atoms with van der Waals surface area (Å²) in [5, 5.41) is 8.57. The molecule has 1 rings (SSSR count). The maximum absolute atomic E-state index is 10.9. The third-order valence-electron chi connectivity index (χ3n) is 2.46. The Balaban J connectivity index is 2.38. The standard InChI is InChI=1S/C14H20O4S/c1-3-13(14(15)16)19-10-9-18-12-8-6-5-7-11(12)17-4-2/h5-8,13H,3-4,9-10H2,1-2H3,(H,15,16). The van der Waals surface area contributed by atoms with Gasteiger partial charge in [0.1, 0.15) is 5.25 Å². The molecule has 0 heterocycles. The molecule has 0 radical (unpaired) electrons. The van der Waals surface area contributed by atoms with Gasteiger partial charge in [0.2, 0.25) is 0 Å². The summed E-state index contributed by atoms with van der Waals surface area (Å²) in [5.74, 6) is 1.31. The number of aliphatic carboxylic acids is 1. The monoisotopic (exact) mass is 284 g/mol. The van der Waals surface area contributed by atoms with Crippen LogP contribution in [-0.2, 0) is 4.79 Å². The Kier molecular flexibility index (Phi) is 7.18. The molecule has 1 unspecified atom stereocenters. The largest absolute Gasteiger partial charge is 0.490 e. The van der Waals surface area contributed by atoms with Crippen LogP contribution >= 0.6 is 11.8 Å². The zero-order valence-electron chi connectivity index (χ0n) is 11.3. The number of thioether (sulfide) groups is 1. The summed E-state index contributed by atoms with van der Waals surface area (Å²) in [4.78, 5) is 10.9. The van der Waals surface area contributed by atoms with Crippen LogP contribution < -0.4 is 9.47 Å². The van der Waals surface area contributed by atoms with Gasteiger partial charge in [0, 0.05) is 5.75 Å². The molecule has 0 saturated heterocycles. The average Bonchev–Trinajstić information content (AvgIpc) is 2.40. The van der Waals surface area contributed by atoms with E-state index in [0.717, 1.165) is 5.75 Å². The van der Waals surface area contributed by atoms with E-state index in [-0.39, 0.29) is 5.25 Å². The highest BCUT2D eigenvalue weighted by molar-refractivity contribution is 8.00. The van der Waals surface area contributed by atoms with Gasteiger partial charge in [-0.3, -0.25) is 4.79 Å². The Morgan fingerprint density at radius 3 is 2.42 bits per heavy atom. The third-order valence-corrected chi connectivity index (χ3v) is 3.79. The van der Waals surface area contributed by atoms with Gasteiger partial charge in [-0.2, -0.15) is 0 Å². The van der Waals surface area contributed by atoms with Gasteiger partial charge in [-0.1, -0.05) is 19.1 Å². The summed E-state index contributed by atoms with van der Waals surface area (Å²) in [6.45, 7) is 4.85. The summed E-state index contributed by atoms with van der Waals surface area (Å²) in [7, 11) is 0. The van der Waals surface area contributed by atoms with Crippen molar-refractivity contribution in [3.05, 3.63) is 24.3 Å².